The van der Waals surface area contributed by atoms with Crippen LogP contribution in [0.1, 0.15) is 22.8 Å². The summed E-state index contributed by atoms with van der Waals surface area (Å²) >= 11 is 0. The minimum atomic E-state index is -0.307. The van der Waals surface area contributed by atoms with Crippen LogP contribution in [0.15, 0.2) is 12.1 Å². The summed E-state index contributed by atoms with van der Waals surface area (Å²) in [6, 6.07) is 4.59. The standard InChI is InChI=1S/C10H9NO3/c1-6(12)8-3-7(5-11)4-9(14-2)10(8)13/h3-4,13H,1-2H3. The summed E-state index contributed by atoms with van der Waals surface area (Å²) in [6.45, 7) is 1.32. The van der Waals surface area contributed by atoms with Gasteiger partial charge in [-0.1, -0.05) is 0 Å². The van der Waals surface area contributed by atoms with Crippen LogP contribution in [0.4, 0.5) is 0 Å². The number of nitrogens with zero attached hydrogens (tertiary/aromatic N) is 1. The Morgan fingerprint density at radius 2 is 2.21 bits per heavy atom. The molecule has 0 bridgehead atoms. The molecule has 1 aromatic rings. The van der Waals surface area contributed by atoms with Gasteiger partial charge in [0.1, 0.15) is 0 Å². The first-order chi connectivity index (χ1) is 6.60. The lowest BCUT2D eigenvalue weighted by Gasteiger charge is -2.06. The first kappa shape index (κ1) is 10.1. The van der Waals surface area contributed by atoms with Crippen LogP contribution in [-0.2, 0) is 0 Å². The molecule has 0 aliphatic rings. The number of carbonyl (C=O) groups excluding carboxylic acids is 1. The smallest absolute Gasteiger partial charge is 0.168 e. The van der Waals surface area contributed by atoms with Crippen molar-refractivity contribution in [1.29, 1.82) is 5.26 Å². The monoisotopic (exact) mass is 191 g/mol. The first-order valence-corrected chi connectivity index (χ1v) is 3.92. The molecule has 0 amide bonds. The third kappa shape index (κ3) is 1.67. The molecule has 4 heteroatoms. The molecule has 1 aromatic carbocycles. The Hall–Kier alpha value is -2.02. The average Bonchev–Trinajstić information content (AvgIpc) is 2.17. The van der Waals surface area contributed by atoms with Crippen LogP contribution in [0.5, 0.6) is 11.5 Å². The lowest BCUT2D eigenvalue weighted by Crippen LogP contribution is -1.96. The number of methoxy groups -OCH3 is 1. The molecule has 0 saturated carbocycles. The summed E-state index contributed by atoms with van der Waals surface area (Å²) in [5.41, 5.74) is 0.380. The highest BCUT2D eigenvalue weighted by atomic mass is 16.5. The van der Waals surface area contributed by atoms with E-state index in [4.69, 9.17) is 10.00 Å². The van der Waals surface area contributed by atoms with Crippen molar-refractivity contribution < 1.29 is 14.6 Å². The quantitative estimate of drug-likeness (QED) is 0.718. The fourth-order valence-corrected chi connectivity index (χ4v) is 1.10. The van der Waals surface area contributed by atoms with E-state index in [1.807, 2.05) is 6.07 Å². The van der Waals surface area contributed by atoms with Gasteiger partial charge >= 0.3 is 0 Å². The van der Waals surface area contributed by atoms with E-state index in [0.717, 1.165) is 0 Å². The summed E-state index contributed by atoms with van der Waals surface area (Å²) in [5.74, 6) is -0.397. The highest BCUT2D eigenvalue weighted by Crippen LogP contribution is 2.31. The molecule has 0 unspecified atom stereocenters. The van der Waals surface area contributed by atoms with E-state index in [1.165, 1.54) is 26.2 Å². The van der Waals surface area contributed by atoms with Gasteiger partial charge < -0.3 is 9.84 Å². The number of benzene rings is 1. The van der Waals surface area contributed by atoms with Crippen LogP contribution in [-0.4, -0.2) is 18.0 Å². The maximum Gasteiger partial charge on any atom is 0.168 e. The van der Waals surface area contributed by atoms with Crippen LogP contribution < -0.4 is 4.74 Å². The van der Waals surface area contributed by atoms with Crippen LogP contribution in [0, 0.1) is 11.3 Å². The summed E-state index contributed by atoms with van der Waals surface area (Å²) in [5, 5.41) is 18.2. The molecule has 0 fully saturated rings. The molecule has 0 aliphatic heterocycles. The summed E-state index contributed by atoms with van der Waals surface area (Å²) in [7, 11) is 1.36. The molecule has 0 spiro atoms. The number of aromatic hydroxyl groups is 1. The van der Waals surface area contributed by atoms with E-state index >= 15 is 0 Å². The van der Waals surface area contributed by atoms with Crippen molar-refractivity contribution in [3.05, 3.63) is 23.3 Å². The highest BCUT2D eigenvalue weighted by Gasteiger charge is 2.13. The Balaban J connectivity index is 3.44. The second kappa shape index (κ2) is 3.79. The van der Waals surface area contributed by atoms with E-state index in [2.05, 4.69) is 0 Å². The third-order valence-corrected chi connectivity index (χ3v) is 1.80. The van der Waals surface area contributed by atoms with Gasteiger partial charge in [0.2, 0.25) is 0 Å². The number of ether oxygens (including phenoxy) is 1. The first-order valence-electron chi connectivity index (χ1n) is 3.92. The lowest BCUT2D eigenvalue weighted by atomic mass is 10.1. The second-order valence-electron chi connectivity index (χ2n) is 2.74. The van der Waals surface area contributed by atoms with Crippen molar-refractivity contribution in [1.82, 2.24) is 0 Å². The zero-order chi connectivity index (χ0) is 10.7. The fourth-order valence-electron chi connectivity index (χ4n) is 1.10. The van der Waals surface area contributed by atoms with Gasteiger partial charge in [-0.05, 0) is 13.0 Å². The SMILES string of the molecule is COc1cc(C#N)cc(C(C)=O)c1O. The zero-order valence-corrected chi connectivity index (χ0v) is 7.87. The number of carbonyl (C=O) groups is 1. The third-order valence-electron chi connectivity index (χ3n) is 1.80. The number of hydrogen-bond donors (Lipinski definition) is 1. The van der Waals surface area contributed by atoms with Gasteiger partial charge in [0.05, 0.1) is 24.3 Å². The number of ketones is 1. The van der Waals surface area contributed by atoms with Crippen LogP contribution in [0.3, 0.4) is 0 Å². The van der Waals surface area contributed by atoms with E-state index in [-0.39, 0.29) is 28.4 Å². The molecular formula is C10H9NO3. The van der Waals surface area contributed by atoms with Gasteiger partial charge in [-0.25, -0.2) is 0 Å². The van der Waals surface area contributed by atoms with Crippen molar-refractivity contribution in [3.63, 3.8) is 0 Å². The maximum absolute atomic E-state index is 11.1. The van der Waals surface area contributed by atoms with Gasteiger partial charge in [-0.3, -0.25) is 4.79 Å². The normalized spacial score (nSPS) is 9.21. The van der Waals surface area contributed by atoms with Crippen molar-refractivity contribution in [3.8, 4) is 17.6 Å². The van der Waals surface area contributed by atoms with Crippen LogP contribution in [0.2, 0.25) is 0 Å². The topological polar surface area (TPSA) is 70.3 Å². The average molecular weight is 191 g/mol. The molecule has 0 heterocycles. The number of Topliss-reactive ketones (excluding diaryl/α,β-unsaturated/α-hetero) is 1. The van der Waals surface area contributed by atoms with Crippen LogP contribution in [0.25, 0.3) is 0 Å². The molecule has 0 aromatic heterocycles. The van der Waals surface area contributed by atoms with E-state index in [9.17, 15) is 9.90 Å². The minimum absolute atomic E-state index is 0.0981. The lowest BCUT2D eigenvalue weighted by molar-refractivity contribution is 0.101. The molecule has 1 N–H and O–H groups in total. The Bertz CT molecular complexity index is 418. The van der Waals surface area contributed by atoms with E-state index in [1.54, 1.807) is 0 Å². The summed E-state index contributed by atoms with van der Waals surface area (Å²) in [4.78, 5) is 11.1. The Morgan fingerprint density at radius 1 is 1.57 bits per heavy atom. The molecule has 14 heavy (non-hydrogen) atoms. The zero-order valence-electron chi connectivity index (χ0n) is 7.87. The predicted molar refractivity (Wildman–Crippen MR) is 49.4 cm³/mol. The summed E-state index contributed by atoms with van der Waals surface area (Å²) in [6.07, 6.45) is 0. The maximum atomic E-state index is 11.1. The number of rotatable bonds is 2. The van der Waals surface area contributed by atoms with Crippen molar-refractivity contribution in [2.24, 2.45) is 0 Å². The Kier molecular flexibility index (Phi) is 2.73. The Morgan fingerprint density at radius 3 is 2.64 bits per heavy atom. The fraction of sp³-hybridized carbons (Fsp3) is 0.200. The number of phenols is 1. The molecule has 0 atom stereocenters. The number of phenolic OH excluding ortho intramolecular Hbond substituents is 1. The minimum Gasteiger partial charge on any atom is -0.504 e. The predicted octanol–water partition coefficient (Wildman–Crippen LogP) is 1.48. The molecule has 0 saturated heterocycles. The van der Waals surface area contributed by atoms with Crippen LogP contribution >= 0.6 is 0 Å². The molecular weight excluding hydrogens is 182 g/mol. The number of hydrogen-bond acceptors (Lipinski definition) is 4. The van der Waals surface area contributed by atoms with Crippen molar-refractivity contribution in [2.45, 2.75) is 6.92 Å². The number of nitriles is 1. The van der Waals surface area contributed by atoms with Gasteiger partial charge in [0, 0.05) is 6.07 Å². The van der Waals surface area contributed by atoms with Gasteiger partial charge in [-0.2, -0.15) is 5.26 Å². The van der Waals surface area contributed by atoms with Gasteiger partial charge in [-0.15, -0.1) is 0 Å². The Labute approximate surface area is 81.4 Å². The highest BCUT2D eigenvalue weighted by molar-refractivity contribution is 5.98. The molecule has 4 nitrogen and oxygen atoms in total. The van der Waals surface area contributed by atoms with Crippen molar-refractivity contribution in [2.75, 3.05) is 7.11 Å². The van der Waals surface area contributed by atoms with E-state index < -0.39 is 0 Å². The van der Waals surface area contributed by atoms with Gasteiger partial charge in [0.25, 0.3) is 0 Å². The van der Waals surface area contributed by atoms with E-state index in [0.29, 0.717) is 0 Å². The molecule has 72 valence electrons. The summed E-state index contributed by atoms with van der Waals surface area (Å²) < 4.78 is 4.82. The van der Waals surface area contributed by atoms with Gasteiger partial charge in [0.15, 0.2) is 17.3 Å². The van der Waals surface area contributed by atoms with Crippen molar-refractivity contribution >= 4 is 5.78 Å². The molecule has 0 radical (unpaired) electrons. The second-order valence-corrected chi connectivity index (χ2v) is 2.74. The molecule has 1 rings (SSSR count). The largest absolute Gasteiger partial charge is 0.504 e. The molecule has 0 aliphatic carbocycles.